The molecule has 0 unspecified atom stereocenters. The van der Waals surface area contributed by atoms with Crippen molar-refractivity contribution in [2.75, 3.05) is 44.8 Å². The number of nitrogens with zero attached hydrogens (tertiary/aromatic N) is 2. The van der Waals surface area contributed by atoms with E-state index < -0.39 is 0 Å². The Morgan fingerprint density at radius 3 is 2.63 bits per heavy atom. The number of rotatable bonds is 8. The number of carbonyl (C=O) groups is 2. The molecule has 2 N–H and O–H groups in total. The van der Waals surface area contributed by atoms with E-state index in [-0.39, 0.29) is 18.4 Å². The van der Waals surface area contributed by atoms with E-state index >= 15 is 0 Å². The maximum Gasteiger partial charge on any atom is 0.262 e. The number of morpholine rings is 1. The molecule has 0 radical (unpaired) electrons. The molecule has 0 aliphatic carbocycles. The van der Waals surface area contributed by atoms with Crippen molar-refractivity contribution in [1.29, 1.82) is 0 Å². The molecule has 0 aromatic heterocycles. The van der Waals surface area contributed by atoms with Crippen LogP contribution in [0.3, 0.4) is 0 Å². The zero-order chi connectivity index (χ0) is 21.2. The highest BCUT2D eigenvalue weighted by Gasteiger charge is 2.13. The van der Waals surface area contributed by atoms with Crippen molar-refractivity contribution in [1.82, 2.24) is 10.3 Å². The Kier molecular flexibility index (Phi) is 7.94. The first kappa shape index (κ1) is 21.5. The van der Waals surface area contributed by atoms with Gasteiger partial charge in [0, 0.05) is 18.8 Å². The molecule has 0 spiro atoms. The summed E-state index contributed by atoms with van der Waals surface area (Å²) in [4.78, 5) is 25.9. The molecule has 1 saturated heterocycles. The Bertz CT molecular complexity index is 877. The van der Waals surface area contributed by atoms with Gasteiger partial charge < -0.3 is 14.8 Å². The zero-order valence-corrected chi connectivity index (χ0v) is 17.0. The number of aryl methyl sites for hydroxylation is 1. The molecule has 1 heterocycles. The molecule has 0 saturated carbocycles. The van der Waals surface area contributed by atoms with Crippen molar-refractivity contribution in [2.45, 2.75) is 6.92 Å². The number of amides is 2. The minimum atomic E-state index is -0.228. The standard InChI is InChI=1S/C22H26N4O4/c1-17-3-2-4-19(13-17)24-22(28)16-30-20-7-5-18(6-8-20)14-23-25-21(27)15-26-9-11-29-12-10-26/h2-8,13-14H,9-12,15-16H2,1H3,(H,24,28)(H,25,27). The third-order valence-corrected chi connectivity index (χ3v) is 4.43. The Morgan fingerprint density at radius 2 is 1.90 bits per heavy atom. The lowest BCUT2D eigenvalue weighted by molar-refractivity contribution is -0.123. The van der Waals surface area contributed by atoms with Gasteiger partial charge in [0.2, 0.25) is 0 Å². The molecule has 8 nitrogen and oxygen atoms in total. The van der Waals surface area contributed by atoms with E-state index in [4.69, 9.17) is 9.47 Å². The highest BCUT2D eigenvalue weighted by molar-refractivity contribution is 5.92. The van der Waals surface area contributed by atoms with E-state index in [9.17, 15) is 9.59 Å². The second-order valence-electron chi connectivity index (χ2n) is 6.96. The summed E-state index contributed by atoms with van der Waals surface area (Å²) in [6, 6.07) is 14.7. The number of nitrogens with one attached hydrogen (secondary N) is 2. The maximum absolute atomic E-state index is 12.0. The van der Waals surface area contributed by atoms with Crippen molar-refractivity contribution in [3.8, 4) is 5.75 Å². The predicted molar refractivity (Wildman–Crippen MR) is 115 cm³/mol. The van der Waals surface area contributed by atoms with E-state index in [0.29, 0.717) is 25.5 Å². The van der Waals surface area contributed by atoms with Gasteiger partial charge in [0.05, 0.1) is 26.0 Å². The third kappa shape index (κ3) is 7.31. The van der Waals surface area contributed by atoms with Gasteiger partial charge in [0.15, 0.2) is 6.61 Å². The second kappa shape index (κ2) is 11.1. The molecule has 0 atom stereocenters. The summed E-state index contributed by atoms with van der Waals surface area (Å²) >= 11 is 0. The van der Waals surface area contributed by atoms with E-state index in [2.05, 4.69) is 15.8 Å². The maximum atomic E-state index is 12.0. The number of benzene rings is 2. The molecule has 8 heteroatoms. The fourth-order valence-corrected chi connectivity index (χ4v) is 2.90. The van der Waals surface area contributed by atoms with Gasteiger partial charge in [-0.2, -0.15) is 5.10 Å². The first-order valence-corrected chi connectivity index (χ1v) is 9.80. The van der Waals surface area contributed by atoms with Gasteiger partial charge in [-0.15, -0.1) is 0 Å². The first-order chi connectivity index (χ1) is 14.6. The molecule has 1 fully saturated rings. The van der Waals surface area contributed by atoms with Crippen LogP contribution in [0.4, 0.5) is 5.69 Å². The fraction of sp³-hybridized carbons (Fsp3) is 0.318. The summed E-state index contributed by atoms with van der Waals surface area (Å²) in [6.45, 7) is 4.99. The summed E-state index contributed by atoms with van der Waals surface area (Å²) < 4.78 is 10.8. The highest BCUT2D eigenvalue weighted by Crippen LogP contribution is 2.12. The van der Waals surface area contributed by atoms with Crippen molar-refractivity contribution in [3.05, 3.63) is 59.7 Å². The number of hydrogen-bond acceptors (Lipinski definition) is 6. The van der Waals surface area contributed by atoms with E-state index in [1.54, 1.807) is 30.5 Å². The number of carbonyl (C=O) groups excluding carboxylic acids is 2. The van der Waals surface area contributed by atoms with Gasteiger partial charge in [-0.05, 0) is 54.4 Å². The van der Waals surface area contributed by atoms with Gasteiger partial charge in [-0.1, -0.05) is 12.1 Å². The van der Waals surface area contributed by atoms with Crippen LogP contribution >= 0.6 is 0 Å². The summed E-state index contributed by atoms with van der Waals surface area (Å²) in [7, 11) is 0. The molecule has 1 aliphatic rings. The number of hydrazone groups is 1. The van der Waals surface area contributed by atoms with Crippen molar-refractivity contribution < 1.29 is 19.1 Å². The number of anilines is 1. The summed E-state index contributed by atoms with van der Waals surface area (Å²) in [5, 5.41) is 6.77. The Hall–Kier alpha value is -3.23. The van der Waals surface area contributed by atoms with Gasteiger partial charge >= 0.3 is 0 Å². The average Bonchev–Trinajstić information content (AvgIpc) is 2.74. The third-order valence-electron chi connectivity index (χ3n) is 4.43. The smallest absolute Gasteiger partial charge is 0.262 e. The van der Waals surface area contributed by atoms with Gasteiger partial charge in [-0.25, -0.2) is 5.43 Å². The van der Waals surface area contributed by atoms with Crippen molar-refractivity contribution in [2.24, 2.45) is 5.10 Å². The average molecular weight is 410 g/mol. The minimum absolute atomic E-state index is 0.0843. The van der Waals surface area contributed by atoms with Crippen LogP contribution in [0.1, 0.15) is 11.1 Å². The SMILES string of the molecule is Cc1cccc(NC(=O)COc2ccc(C=NNC(=O)CN3CCOCC3)cc2)c1. The zero-order valence-electron chi connectivity index (χ0n) is 17.0. The van der Waals surface area contributed by atoms with E-state index in [1.165, 1.54) is 0 Å². The molecule has 1 aliphatic heterocycles. The van der Waals surface area contributed by atoms with Crippen LogP contribution < -0.4 is 15.5 Å². The Balaban J connectivity index is 1.39. The van der Waals surface area contributed by atoms with Crippen LogP contribution in [0.15, 0.2) is 53.6 Å². The van der Waals surface area contributed by atoms with Crippen LogP contribution in [0.2, 0.25) is 0 Å². The lowest BCUT2D eigenvalue weighted by Crippen LogP contribution is -2.42. The molecule has 2 amide bonds. The fourth-order valence-electron chi connectivity index (χ4n) is 2.90. The topological polar surface area (TPSA) is 92.3 Å². The number of ether oxygens (including phenoxy) is 2. The monoisotopic (exact) mass is 410 g/mol. The lowest BCUT2D eigenvalue weighted by Gasteiger charge is -2.25. The lowest BCUT2D eigenvalue weighted by atomic mass is 10.2. The summed E-state index contributed by atoms with van der Waals surface area (Å²) in [5.74, 6) is 0.185. The predicted octanol–water partition coefficient (Wildman–Crippen LogP) is 1.79. The molecule has 30 heavy (non-hydrogen) atoms. The molecule has 0 bridgehead atoms. The van der Waals surface area contributed by atoms with Crippen LogP contribution in [0.25, 0.3) is 0 Å². The molecule has 3 rings (SSSR count). The van der Waals surface area contributed by atoms with Gasteiger partial charge in [0.25, 0.3) is 11.8 Å². The molecule has 2 aromatic carbocycles. The summed E-state index contributed by atoms with van der Waals surface area (Å²) in [6.07, 6.45) is 1.56. The van der Waals surface area contributed by atoms with E-state index in [1.807, 2.05) is 36.1 Å². The first-order valence-electron chi connectivity index (χ1n) is 9.80. The largest absolute Gasteiger partial charge is 0.484 e. The van der Waals surface area contributed by atoms with Gasteiger partial charge in [-0.3, -0.25) is 14.5 Å². The minimum Gasteiger partial charge on any atom is -0.484 e. The summed E-state index contributed by atoms with van der Waals surface area (Å²) in [5.41, 5.74) is 5.14. The second-order valence-corrected chi connectivity index (χ2v) is 6.96. The Labute approximate surface area is 175 Å². The normalized spacial score (nSPS) is 14.4. The molecule has 2 aromatic rings. The van der Waals surface area contributed by atoms with Crippen LogP contribution in [-0.2, 0) is 14.3 Å². The molecule has 158 valence electrons. The van der Waals surface area contributed by atoms with Crippen LogP contribution in [0, 0.1) is 6.92 Å². The molecular weight excluding hydrogens is 384 g/mol. The number of hydrogen-bond donors (Lipinski definition) is 2. The quantitative estimate of drug-likeness (QED) is 0.511. The van der Waals surface area contributed by atoms with E-state index in [0.717, 1.165) is 29.9 Å². The highest BCUT2D eigenvalue weighted by atomic mass is 16.5. The van der Waals surface area contributed by atoms with Crippen LogP contribution in [-0.4, -0.2) is 62.4 Å². The van der Waals surface area contributed by atoms with Gasteiger partial charge in [0.1, 0.15) is 5.75 Å². The Morgan fingerprint density at radius 1 is 1.13 bits per heavy atom. The van der Waals surface area contributed by atoms with Crippen LogP contribution in [0.5, 0.6) is 5.75 Å². The van der Waals surface area contributed by atoms with Crippen molar-refractivity contribution in [3.63, 3.8) is 0 Å². The van der Waals surface area contributed by atoms with Crippen molar-refractivity contribution >= 4 is 23.7 Å². The molecular formula is C22H26N4O4.